The number of imidazole rings is 1. The van der Waals surface area contributed by atoms with Crippen molar-refractivity contribution < 1.29 is 0 Å². The third kappa shape index (κ3) is 2.83. The smallest absolute Gasteiger partial charge is 0.214 e. The van der Waals surface area contributed by atoms with Gasteiger partial charge in [0.1, 0.15) is 0 Å². The lowest BCUT2D eigenvalue weighted by atomic mass is 10.1. The van der Waals surface area contributed by atoms with Crippen LogP contribution < -0.4 is 5.32 Å². The van der Waals surface area contributed by atoms with Gasteiger partial charge in [0.05, 0.1) is 11.9 Å². The van der Waals surface area contributed by atoms with Crippen molar-refractivity contribution in [3.05, 3.63) is 30.7 Å². The Balaban J connectivity index is 1.53. The summed E-state index contributed by atoms with van der Waals surface area (Å²) in [4.78, 5) is 9.72. The van der Waals surface area contributed by atoms with Gasteiger partial charge in [0.2, 0.25) is 10.1 Å². The monoisotopic (exact) mass is 313 g/mol. The maximum Gasteiger partial charge on any atom is 0.214 e. The predicted octanol–water partition coefficient (Wildman–Crippen LogP) is 3.99. The Morgan fingerprint density at radius 2 is 2.05 bits per heavy atom. The minimum absolute atomic E-state index is 0.566. The molecule has 0 atom stereocenters. The van der Waals surface area contributed by atoms with Gasteiger partial charge >= 0.3 is 0 Å². The summed E-state index contributed by atoms with van der Waals surface area (Å²) < 4.78 is 1.87. The topological polar surface area (TPSA) is 55.1 Å². The van der Waals surface area contributed by atoms with E-state index in [4.69, 9.17) is 0 Å². The van der Waals surface area contributed by atoms with Crippen LogP contribution in [-0.4, -0.2) is 25.6 Å². The van der Waals surface area contributed by atoms with Crippen LogP contribution >= 0.6 is 11.3 Å². The fraction of sp³-hybridized carbons (Fsp3) is 0.438. The van der Waals surface area contributed by atoms with Gasteiger partial charge in [-0.25, -0.2) is 9.50 Å². The molecule has 6 heteroatoms. The molecule has 3 aromatic heterocycles. The first-order valence-corrected chi connectivity index (χ1v) is 8.73. The third-order valence-electron chi connectivity index (χ3n) is 4.18. The number of hydrogen-bond donors (Lipinski definition) is 1. The molecule has 1 aliphatic carbocycles. The summed E-state index contributed by atoms with van der Waals surface area (Å²) in [5, 5.41) is 9.19. The van der Waals surface area contributed by atoms with E-state index in [1.165, 1.54) is 38.5 Å². The standard InChI is InChI=1S/C16H19N5S/c1-2-4-8-13(7-3-1)18-15-20-21-11-14(19-16(21)22-15)12-6-5-9-17-10-12/h5-6,9-11,13H,1-4,7-8H2,(H,18,20). The van der Waals surface area contributed by atoms with Crippen LogP contribution in [0.4, 0.5) is 5.13 Å². The average molecular weight is 313 g/mol. The largest absolute Gasteiger partial charge is 0.357 e. The molecule has 0 aromatic carbocycles. The second-order valence-corrected chi connectivity index (χ2v) is 6.79. The molecule has 0 spiro atoms. The molecule has 1 saturated carbocycles. The highest BCUT2D eigenvalue weighted by Gasteiger charge is 2.15. The number of hydrogen-bond acceptors (Lipinski definition) is 5. The Hall–Kier alpha value is -1.95. The molecule has 1 aliphatic rings. The summed E-state index contributed by atoms with van der Waals surface area (Å²) in [5.41, 5.74) is 1.95. The van der Waals surface area contributed by atoms with Crippen LogP contribution in [-0.2, 0) is 0 Å². The number of nitrogens with zero attached hydrogens (tertiary/aromatic N) is 4. The Kier molecular flexibility index (Phi) is 3.76. The van der Waals surface area contributed by atoms with E-state index < -0.39 is 0 Å². The van der Waals surface area contributed by atoms with E-state index in [9.17, 15) is 0 Å². The summed E-state index contributed by atoms with van der Waals surface area (Å²) in [7, 11) is 0. The summed E-state index contributed by atoms with van der Waals surface area (Å²) >= 11 is 1.62. The van der Waals surface area contributed by atoms with E-state index in [-0.39, 0.29) is 0 Å². The van der Waals surface area contributed by atoms with Crippen LogP contribution in [0.25, 0.3) is 16.2 Å². The van der Waals surface area contributed by atoms with Crippen LogP contribution in [0, 0.1) is 0 Å². The van der Waals surface area contributed by atoms with Gasteiger partial charge in [-0.2, -0.15) is 0 Å². The highest BCUT2D eigenvalue weighted by Crippen LogP contribution is 2.26. The van der Waals surface area contributed by atoms with Gasteiger partial charge in [0, 0.05) is 24.0 Å². The van der Waals surface area contributed by atoms with E-state index >= 15 is 0 Å². The second kappa shape index (κ2) is 6.04. The highest BCUT2D eigenvalue weighted by atomic mass is 32.1. The quantitative estimate of drug-likeness (QED) is 0.743. The number of aromatic nitrogens is 4. The van der Waals surface area contributed by atoms with Crippen molar-refractivity contribution in [2.45, 2.75) is 44.6 Å². The van der Waals surface area contributed by atoms with Crippen molar-refractivity contribution in [3.8, 4) is 11.3 Å². The van der Waals surface area contributed by atoms with Crippen LogP contribution in [0.1, 0.15) is 38.5 Å². The summed E-state index contributed by atoms with van der Waals surface area (Å²) in [6, 6.07) is 4.51. The molecule has 0 amide bonds. The number of rotatable bonds is 3. The lowest BCUT2D eigenvalue weighted by Crippen LogP contribution is -2.18. The van der Waals surface area contributed by atoms with Crippen LogP contribution in [0.3, 0.4) is 0 Å². The van der Waals surface area contributed by atoms with Crippen molar-refractivity contribution in [1.82, 2.24) is 19.6 Å². The van der Waals surface area contributed by atoms with Crippen LogP contribution in [0.15, 0.2) is 30.7 Å². The summed E-state index contributed by atoms with van der Waals surface area (Å²) in [6.07, 6.45) is 13.5. The molecule has 3 heterocycles. The van der Waals surface area contributed by atoms with Gasteiger partial charge in [-0.1, -0.05) is 37.0 Å². The van der Waals surface area contributed by atoms with Crippen molar-refractivity contribution in [3.63, 3.8) is 0 Å². The highest BCUT2D eigenvalue weighted by molar-refractivity contribution is 7.20. The first-order chi connectivity index (χ1) is 10.9. The number of nitrogens with one attached hydrogen (secondary N) is 1. The molecule has 1 fully saturated rings. The minimum atomic E-state index is 0.566. The van der Waals surface area contributed by atoms with E-state index in [2.05, 4.69) is 20.4 Å². The molecule has 3 aromatic rings. The third-order valence-corrected chi connectivity index (χ3v) is 5.04. The summed E-state index contributed by atoms with van der Waals surface area (Å²) in [5.74, 6) is 0. The molecule has 22 heavy (non-hydrogen) atoms. The van der Waals surface area contributed by atoms with Crippen molar-refractivity contribution >= 4 is 21.4 Å². The Morgan fingerprint density at radius 1 is 1.18 bits per heavy atom. The lowest BCUT2D eigenvalue weighted by Gasteiger charge is -2.14. The second-order valence-electron chi connectivity index (χ2n) is 5.84. The van der Waals surface area contributed by atoms with Crippen molar-refractivity contribution in [2.75, 3.05) is 5.32 Å². The Labute approximate surface area is 133 Å². The summed E-state index contributed by atoms with van der Waals surface area (Å²) in [6.45, 7) is 0. The van der Waals surface area contributed by atoms with E-state index in [0.29, 0.717) is 6.04 Å². The molecular weight excluding hydrogens is 294 g/mol. The molecule has 4 rings (SSSR count). The maximum absolute atomic E-state index is 4.65. The van der Waals surface area contributed by atoms with E-state index in [1.807, 2.05) is 29.0 Å². The molecule has 0 aliphatic heterocycles. The van der Waals surface area contributed by atoms with Gasteiger partial charge in [-0.15, -0.1) is 5.10 Å². The lowest BCUT2D eigenvalue weighted by molar-refractivity contribution is 0.618. The number of anilines is 1. The van der Waals surface area contributed by atoms with E-state index in [1.54, 1.807) is 17.5 Å². The molecular formula is C16H19N5S. The van der Waals surface area contributed by atoms with Crippen molar-refractivity contribution in [2.24, 2.45) is 0 Å². The SMILES string of the molecule is c1cncc(-c2cn3nc(NC4CCCCCC4)sc3n2)c1. The zero-order valence-electron chi connectivity index (χ0n) is 12.4. The number of pyridine rings is 1. The molecule has 1 N–H and O–H groups in total. The van der Waals surface area contributed by atoms with E-state index in [0.717, 1.165) is 21.3 Å². The van der Waals surface area contributed by atoms with Gasteiger partial charge in [0.25, 0.3) is 0 Å². The first-order valence-electron chi connectivity index (χ1n) is 7.92. The fourth-order valence-electron chi connectivity index (χ4n) is 3.01. The molecule has 0 unspecified atom stereocenters. The van der Waals surface area contributed by atoms with Gasteiger partial charge in [0.15, 0.2) is 0 Å². The molecule has 0 radical (unpaired) electrons. The molecule has 5 nitrogen and oxygen atoms in total. The Morgan fingerprint density at radius 3 is 2.77 bits per heavy atom. The van der Waals surface area contributed by atoms with Gasteiger partial charge in [-0.05, 0) is 25.0 Å². The average Bonchev–Trinajstić information content (AvgIpc) is 2.98. The molecule has 0 bridgehead atoms. The van der Waals surface area contributed by atoms with Crippen molar-refractivity contribution in [1.29, 1.82) is 0 Å². The first kappa shape index (κ1) is 13.7. The fourth-order valence-corrected chi connectivity index (χ4v) is 3.87. The number of fused-ring (bicyclic) bond motifs is 1. The normalized spacial score (nSPS) is 16.7. The van der Waals surface area contributed by atoms with Gasteiger partial charge in [-0.3, -0.25) is 4.98 Å². The zero-order valence-corrected chi connectivity index (χ0v) is 13.2. The van der Waals surface area contributed by atoms with Gasteiger partial charge < -0.3 is 5.32 Å². The Bertz CT molecular complexity index is 709. The van der Waals surface area contributed by atoms with Crippen LogP contribution in [0.2, 0.25) is 0 Å². The predicted molar refractivity (Wildman–Crippen MR) is 89.2 cm³/mol. The molecule has 0 saturated heterocycles. The zero-order chi connectivity index (χ0) is 14.8. The molecule has 114 valence electrons. The van der Waals surface area contributed by atoms with Crippen LogP contribution in [0.5, 0.6) is 0 Å². The minimum Gasteiger partial charge on any atom is -0.357 e. The maximum atomic E-state index is 4.65.